The van der Waals surface area contributed by atoms with Crippen LogP contribution in [0, 0.1) is 0 Å². The predicted molar refractivity (Wildman–Crippen MR) is 99.2 cm³/mol. The normalized spacial score (nSPS) is 17.3. The number of thiophene rings is 1. The van der Waals surface area contributed by atoms with Gasteiger partial charge in [0.05, 0.1) is 45.0 Å². The van der Waals surface area contributed by atoms with Gasteiger partial charge in [0.1, 0.15) is 12.6 Å². The van der Waals surface area contributed by atoms with Gasteiger partial charge >= 0.3 is 6.18 Å². The summed E-state index contributed by atoms with van der Waals surface area (Å²) in [5.74, 6) is 0. The molecular weight excluding hydrogens is 377 g/mol. The zero-order valence-electron chi connectivity index (χ0n) is 14.9. The predicted octanol–water partition coefficient (Wildman–Crippen LogP) is 2.05. The molecule has 1 saturated heterocycles. The van der Waals surface area contributed by atoms with Crippen molar-refractivity contribution >= 4 is 17.0 Å². The lowest BCUT2D eigenvalue weighted by atomic mass is 10.1. The Balaban J connectivity index is 1.42. The van der Waals surface area contributed by atoms with Crippen molar-refractivity contribution in [1.29, 1.82) is 0 Å². The van der Waals surface area contributed by atoms with E-state index in [-0.39, 0.29) is 0 Å². The van der Waals surface area contributed by atoms with Crippen LogP contribution in [0.3, 0.4) is 0 Å². The number of benzene rings is 1. The van der Waals surface area contributed by atoms with Crippen LogP contribution in [-0.2, 0) is 17.5 Å². The van der Waals surface area contributed by atoms with E-state index in [1.165, 1.54) is 17.0 Å². The zero-order chi connectivity index (χ0) is 19.3. The van der Waals surface area contributed by atoms with Gasteiger partial charge in [0.25, 0.3) is 0 Å². The number of aliphatic hydroxyl groups excluding tert-OH is 1. The molecule has 0 bridgehead atoms. The van der Waals surface area contributed by atoms with E-state index in [9.17, 15) is 18.3 Å². The number of rotatable bonds is 7. The van der Waals surface area contributed by atoms with E-state index in [0.717, 1.165) is 24.0 Å². The Hall–Kier alpha value is -1.61. The van der Waals surface area contributed by atoms with Crippen molar-refractivity contribution in [2.45, 2.75) is 18.9 Å². The summed E-state index contributed by atoms with van der Waals surface area (Å²) in [6.07, 6.45) is -4.86. The SMILES string of the molecule is O[C@@H](COCc1cccs1)C[NH+]1CCN(c2cccc(C(F)(F)F)c2)CC1. The van der Waals surface area contributed by atoms with Crippen LogP contribution in [0.4, 0.5) is 18.9 Å². The lowest BCUT2D eigenvalue weighted by molar-refractivity contribution is -0.903. The van der Waals surface area contributed by atoms with Crippen molar-refractivity contribution in [3.63, 3.8) is 0 Å². The Labute approximate surface area is 160 Å². The molecule has 3 rings (SSSR count). The van der Waals surface area contributed by atoms with E-state index < -0.39 is 17.8 Å². The number of quaternary nitrogens is 1. The smallest absolute Gasteiger partial charge is 0.385 e. The first-order chi connectivity index (χ1) is 12.9. The van der Waals surface area contributed by atoms with Crippen molar-refractivity contribution in [3.05, 3.63) is 52.2 Å². The molecule has 0 unspecified atom stereocenters. The summed E-state index contributed by atoms with van der Waals surface area (Å²) in [5, 5.41) is 12.1. The van der Waals surface area contributed by atoms with E-state index in [1.54, 1.807) is 17.4 Å². The fraction of sp³-hybridized carbons (Fsp3) is 0.474. The summed E-state index contributed by atoms with van der Waals surface area (Å²) >= 11 is 1.62. The van der Waals surface area contributed by atoms with E-state index in [4.69, 9.17) is 4.74 Å². The topological polar surface area (TPSA) is 37.1 Å². The number of aliphatic hydroxyl groups is 1. The molecular formula is C19H24F3N2O2S+. The maximum absolute atomic E-state index is 12.9. The number of hydrogen-bond donors (Lipinski definition) is 2. The third-order valence-electron chi connectivity index (χ3n) is 4.67. The largest absolute Gasteiger partial charge is 0.416 e. The van der Waals surface area contributed by atoms with Crippen molar-refractivity contribution < 1.29 is 27.9 Å². The number of piperazine rings is 1. The van der Waals surface area contributed by atoms with E-state index in [1.807, 2.05) is 22.4 Å². The standard InChI is InChI=1S/C19H23F3N2O2S/c20-19(21,22)15-3-1-4-16(11-15)24-8-6-23(7-9-24)12-17(25)13-26-14-18-5-2-10-27-18/h1-5,10-11,17,25H,6-9,12-14H2/p+1/t17-/m1/s1. The Morgan fingerprint density at radius 1 is 1.19 bits per heavy atom. The van der Waals surface area contributed by atoms with E-state index in [0.29, 0.717) is 38.5 Å². The number of hydrogen-bond acceptors (Lipinski definition) is 4. The molecule has 1 atom stereocenters. The minimum Gasteiger partial charge on any atom is -0.385 e. The van der Waals surface area contributed by atoms with Gasteiger partial charge in [0, 0.05) is 10.6 Å². The van der Waals surface area contributed by atoms with Crippen LogP contribution >= 0.6 is 11.3 Å². The highest BCUT2D eigenvalue weighted by molar-refractivity contribution is 7.09. The number of nitrogens with zero attached hydrogens (tertiary/aromatic N) is 1. The molecule has 2 N–H and O–H groups in total. The highest BCUT2D eigenvalue weighted by Gasteiger charge is 2.31. The molecule has 1 aromatic carbocycles. The molecule has 0 amide bonds. The van der Waals surface area contributed by atoms with Crippen molar-refractivity contribution in [1.82, 2.24) is 0 Å². The molecule has 8 heteroatoms. The van der Waals surface area contributed by atoms with Crippen LogP contribution in [0.1, 0.15) is 10.4 Å². The first kappa shape index (κ1) is 20.1. The lowest BCUT2D eigenvalue weighted by Crippen LogP contribution is -3.16. The third kappa shape index (κ3) is 5.93. The Bertz CT molecular complexity index is 701. The molecule has 1 aliphatic heterocycles. The quantitative estimate of drug-likeness (QED) is 0.746. The zero-order valence-corrected chi connectivity index (χ0v) is 15.7. The van der Waals surface area contributed by atoms with Gasteiger partial charge in [-0.05, 0) is 29.6 Å². The minimum absolute atomic E-state index is 0.290. The first-order valence-corrected chi connectivity index (χ1v) is 9.84. The Kier molecular flexibility index (Phi) is 6.75. The van der Waals surface area contributed by atoms with Crippen LogP contribution in [0.2, 0.25) is 0 Å². The molecule has 0 radical (unpaired) electrons. The van der Waals surface area contributed by atoms with Crippen LogP contribution in [0.25, 0.3) is 0 Å². The van der Waals surface area contributed by atoms with Crippen molar-refractivity contribution in [2.24, 2.45) is 0 Å². The number of ether oxygens (including phenoxy) is 1. The van der Waals surface area contributed by atoms with Crippen molar-refractivity contribution in [3.8, 4) is 0 Å². The first-order valence-electron chi connectivity index (χ1n) is 8.96. The van der Waals surface area contributed by atoms with E-state index in [2.05, 4.69) is 0 Å². The minimum atomic E-state index is -4.32. The maximum atomic E-state index is 12.9. The van der Waals surface area contributed by atoms with Gasteiger partial charge in [-0.15, -0.1) is 11.3 Å². The van der Waals surface area contributed by atoms with Crippen LogP contribution in [0.15, 0.2) is 41.8 Å². The highest BCUT2D eigenvalue weighted by Crippen LogP contribution is 2.31. The van der Waals surface area contributed by atoms with Crippen LogP contribution < -0.4 is 9.80 Å². The third-order valence-corrected chi connectivity index (χ3v) is 5.52. The number of halogens is 3. The van der Waals surface area contributed by atoms with Gasteiger partial charge in [0.2, 0.25) is 0 Å². The number of nitrogens with one attached hydrogen (secondary N) is 1. The van der Waals surface area contributed by atoms with E-state index >= 15 is 0 Å². The summed E-state index contributed by atoms with van der Waals surface area (Å²) < 4.78 is 44.2. The Morgan fingerprint density at radius 2 is 1.96 bits per heavy atom. The highest BCUT2D eigenvalue weighted by atomic mass is 32.1. The van der Waals surface area contributed by atoms with Gasteiger partial charge in [-0.2, -0.15) is 13.2 Å². The monoisotopic (exact) mass is 401 g/mol. The molecule has 27 heavy (non-hydrogen) atoms. The molecule has 1 fully saturated rings. The molecule has 1 aromatic heterocycles. The fourth-order valence-electron chi connectivity index (χ4n) is 3.25. The fourth-order valence-corrected chi connectivity index (χ4v) is 3.89. The van der Waals surface area contributed by atoms with Crippen molar-refractivity contribution in [2.75, 3.05) is 44.2 Å². The maximum Gasteiger partial charge on any atom is 0.416 e. The number of alkyl halides is 3. The summed E-state index contributed by atoms with van der Waals surface area (Å²) in [4.78, 5) is 4.34. The summed E-state index contributed by atoms with van der Waals surface area (Å²) in [6, 6.07) is 9.43. The van der Waals surface area contributed by atoms with Crippen LogP contribution in [-0.4, -0.2) is 50.5 Å². The average Bonchev–Trinajstić information content (AvgIpc) is 3.15. The van der Waals surface area contributed by atoms with Gasteiger partial charge in [-0.1, -0.05) is 12.1 Å². The number of anilines is 1. The molecule has 0 spiro atoms. The molecule has 0 saturated carbocycles. The van der Waals surface area contributed by atoms with Crippen LogP contribution in [0.5, 0.6) is 0 Å². The van der Waals surface area contributed by atoms with Gasteiger partial charge in [0.15, 0.2) is 0 Å². The summed E-state index contributed by atoms with van der Waals surface area (Å²) in [5.41, 5.74) is -0.0169. The second-order valence-electron chi connectivity index (χ2n) is 6.74. The molecule has 148 valence electrons. The summed E-state index contributed by atoms with van der Waals surface area (Å²) in [6.45, 7) is 4.27. The second kappa shape index (κ2) is 9.05. The molecule has 2 aromatic rings. The lowest BCUT2D eigenvalue weighted by Gasteiger charge is -2.34. The molecule has 2 heterocycles. The van der Waals surface area contributed by atoms with Gasteiger partial charge in [-0.25, -0.2) is 0 Å². The van der Waals surface area contributed by atoms with Gasteiger partial charge in [-0.3, -0.25) is 0 Å². The Morgan fingerprint density at radius 3 is 2.63 bits per heavy atom. The second-order valence-corrected chi connectivity index (χ2v) is 7.77. The summed E-state index contributed by atoms with van der Waals surface area (Å²) in [7, 11) is 0. The molecule has 4 nitrogen and oxygen atoms in total. The average molecular weight is 401 g/mol. The molecule has 0 aliphatic carbocycles. The van der Waals surface area contributed by atoms with Gasteiger partial charge < -0.3 is 19.6 Å². The molecule has 1 aliphatic rings.